The van der Waals surface area contributed by atoms with Crippen molar-refractivity contribution in [3.63, 3.8) is 0 Å². The molecular weight excluding hydrogens is 353 g/mol. The topological polar surface area (TPSA) is 55.2 Å². The Morgan fingerprint density at radius 1 is 1.14 bits per heavy atom. The summed E-state index contributed by atoms with van der Waals surface area (Å²) < 4.78 is 40.6. The number of nitrogens with zero attached hydrogens (tertiary/aromatic N) is 1. The maximum atomic E-state index is 13.6. The second kappa shape index (κ2) is 6.13. The van der Waals surface area contributed by atoms with Gasteiger partial charge < -0.3 is 5.32 Å². The van der Waals surface area contributed by atoms with Gasteiger partial charge in [-0.1, -0.05) is 15.9 Å². The Balaban J connectivity index is 2.28. The molecule has 0 radical (unpaired) electrons. The summed E-state index contributed by atoms with van der Waals surface area (Å²) in [5, 5.41) is 13.2. The fourth-order valence-corrected chi connectivity index (χ4v) is 2.17. The average molecular weight is 361 g/mol. The van der Waals surface area contributed by atoms with Crippen LogP contribution in [0.1, 0.15) is 5.56 Å². The van der Waals surface area contributed by atoms with E-state index in [4.69, 9.17) is 0 Å². The number of hydrogen-bond donors (Lipinski definition) is 1. The molecule has 0 aliphatic rings. The Hall–Kier alpha value is -2.09. The second-order valence-corrected chi connectivity index (χ2v) is 5.04. The van der Waals surface area contributed by atoms with Gasteiger partial charge in [-0.2, -0.15) is 0 Å². The first-order valence-electron chi connectivity index (χ1n) is 5.69. The van der Waals surface area contributed by atoms with Gasteiger partial charge in [-0.3, -0.25) is 10.1 Å². The molecule has 0 fully saturated rings. The third-order valence-corrected chi connectivity index (χ3v) is 3.16. The third kappa shape index (κ3) is 3.52. The number of hydrogen-bond acceptors (Lipinski definition) is 3. The summed E-state index contributed by atoms with van der Waals surface area (Å²) >= 11 is 2.94. The lowest BCUT2D eigenvalue weighted by atomic mass is 10.1. The van der Waals surface area contributed by atoms with E-state index in [0.717, 1.165) is 30.3 Å². The molecule has 0 unspecified atom stereocenters. The highest BCUT2D eigenvalue weighted by molar-refractivity contribution is 9.10. The van der Waals surface area contributed by atoms with Crippen LogP contribution in [0.4, 0.5) is 24.5 Å². The van der Waals surface area contributed by atoms with E-state index >= 15 is 0 Å². The molecule has 0 aliphatic heterocycles. The Bertz CT molecular complexity index is 687. The Labute approximate surface area is 125 Å². The molecular formula is C13H8BrF3N2O2. The van der Waals surface area contributed by atoms with Gasteiger partial charge >= 0.3 is 0 Å². The van der Waals surface area contributed by atoms with Gasteiger partial charge in [0.25, 0.3) is 5.69 Å². The highest BCUT2D eigenvalue weighted by atomic mass is 79.9. The Morgan fingerprint density at radius 3 is 2.33 bits per heavy atom. The molecule has 1 N–H and O–H groups in total. The van der Waals surface area contributed by atoms with E-state index in [-0.39, 0.29) is 22.3 Å². The zero-order chi connectivity index (χ0) is 15.6. The first-order chi connectivity index (χ1) is 9.88. The van der Waals surface area contributed by atoms with Crippen LogP contribution in [-0.2, 0) is 6.54 Å². The van der Waals surface area contributed by atoms with Crippen molar-refractivity contribution >= 4 is 27.3 Å². The number of rotatable bonds is 4. The average Bonchev–Trinajstić information content (AvgIpc) is 2.37. The van der Waals surface area contributed by atoms with Crippen LogP contribution in [0, 0.1) is 27.6 Å². The molecule has 4 nitrogen and oxygen atoms in total. The van der Waals surface area contributed by atoms with Crippen LogP contribution in [0.3, 0.4) is 0 Å². The highest BCUT2D eigenvalue weighted by Crippen LogP contribution is 2.26. The molecule has 0 aliphatic carbocycles. The molecule has 21 heavy (non-hydrogen) atoms. The summed E-state index contributed by atoms with van der Waals surface area (Å²) in [7, 11) is 0. The lowest BCUT2D eigenvalue weighted by Gasteiger charge is -2.10. The Kier molecular flexibility index (Phi) is 4.46. The minimum absolute atomic E-state index is 0.0123. The number of nitro groups is 1. The van der Waals surface area contributed by atoms with E-state index in [1.165, 1.54) is 0 Å². The number of anilines is 1. The van der Waals surface area contributed by atoms with E-state index in [1.54, 1.807) is 0 Å². The molecule has 0 saturated heterocycles. The predicted octanol–water partition coefficient (Wildman–Crippen LogP) is 4.39. The molecule has 2 rings (SSSR count). The second-order valence-electron chi connectivity index (χ2n) is 4.13. The van der Waals surface area contributed by atoms with Gasteiger partial charge in [-0.25, -0.2) is 13.2 Å². The van der Waals surface area contributed by atoms with E-state index in [1.807, 2.05) is 0 Å². The lowest BCUT2D eigenvalue weighted by Crippen LogP contribution is -2.06. The van der Waals surface area contributed by atoms with Gasteiger partial charge in [0.1, 0.15) is 23.1 Å². The van der Waals surface area contributed by atoms with Gasteiger partial charge in [0, 0.05) is 17.1 Å². The molecule has 0 bridgehead atoms. The molecule has 8 heteroatoms. The monoisotopic (exact) mass is 360 g/mol. The minimum Gasteiger partial charge on any atom is -0.376 e. The summed E-state index contributed by atoms with van der Waals surface area (Å²) in [6.07, 6.45) is 0. The van der Waals surface area contributed by atoms with Crippen LogP contribution in [0.2, 0.25) is 0 Å². The van der Waals surface area contributed by atoms with Crippen molar-refractivity contribution in [2.45, 2.75) is 6.54 Å². The smallest absolute Gasteiger partial charge is 0.274 e. The van der Waals surface area contributed by atoms with E-state index in [9.17, 15) is 23.3 Å². The van der Waals surface area contributed by atoms with Crippen molar-refractivity contribution in [1.82, 2.24) is 0 Å². The molecule has 0 amide bonds. The molecule has 0 heterocycles. The van der Waals surface area contributed by atoms with Gasteiger partial charge in [0.2, 0.25) is 0 Å². The maximum absolute atomic E-state index is 13.6. The van der Waals surface area contributed by atoms with Crippen molar-refractivity contribution < 1.29 is 18.1 Å². The number of halogens is 4. The SMILES string of the molecule is O=[N+]([O-])c1ccc(F)cc1CNc1c(F)cc(Br)cc1F. The van der Waals surface area contributed by atoms with Crippen molar-refractivity contribution in [2.24, 2.45) is 0 Å². The fraction of sp³-hybridized carbons (Fsp3) is 0.0769. The Morgan fingerprint density at radius 2 is 1.76 bits per heavy atom. The standard InChI is InChI=1S/C13H8BrF3N2O2/c14-8-4-10(16)13(11(17)5-8)18-6-7-3-9(15)1-2-12(7)19(20)21/h1-5,18H,6H2. The zero-order valence-corrected chi connectivity index (χ0v) is 12.0. The summed E-state index contributed by atoms with van der Waals surface area (Å²) in [6, 6.07) is 4.99. The van der Waals surface area contributed by atoms with Crippen molar-refractivity contribution in [2.75, 3.05) is 5.32 Å². The maximum Gasteiger partial charge on any atom is 0.274 e. The van der Waals surface area contributed by atoms with E-state index in [2.05, 4.69) is 21.2 Å². The highest BCUT2D eigenvalue weighted by Gasteiger charge is 2.16. The van der Waals surface area contributed by atoms with Crippen molar-refractivity contribution in [1.29, 1.82) is 0 Å². The van der Waals surface area contributed by atoms with Gasteiger partial charge in [-0.05, 0) is 24.3 Å². The van der Waals surface area contributed by atoms with Crippen molar-refractivity contribution in [3.05, 3.63) is 67.9 Å². The zero-order valence-electron chi connectivity index (χ0n) is 10.4. The third-order valence-electron chi connectivity index (χ3n) is 2.70. The fourth-order valence-electron chi connectivity index (χ4n) is 1.77. The number of benzene rings is 2. The van der Waals surface area contributed by atoms with Crippen LogP contribution in [0.5, 0.6) is 0 Å². The molecule has 2 aromatic carbocycles. The van der Waals surface area contributed by atoms with E-state index in [0.29, 0.717) is 0 Å². The molecule has 0 atom stereocenters. The normalized spacial score (nSPS) is 10.5. The predicted molar refractivity (Wildman–Crippen MR) is 74.4 cm³/mol. The minimum atomic E-state index is -0.860. The molecule has 0 saturated carbocycles. The number of nitrogens with one attached hydrogen (secondary N) is 1. The molecule has 2 aromatic rings. The number of nitro benzene ring substituents is 1. The van der Waals surface area contributed by atoms with Gasteiger partial charge in [0.15, 0.2) is 0 Å². The van der Waals surface area contributed by atoms with Crippen molar-refractivity contribution in [3.8, 4) is 0 Å². The summed E-state index contributed by atoms with van der Waals surface area (Å²) in [4.78, 5) is 10.1. The van der Waals surface area contributed by atoms with Gasteiger partial charge in [0.05, 0.1) is 10.5 Å². The molecule has 0 spiro atoms. The lowest BCUT2D eigenvalue weighted by molar-refractivity contribution is -0.385. The van der Waals surface area contributed by atoms with Gasteiger partial charge in [-0.15, -0.1) is 0 Å². The quantitative estimate of drug-likeness (QED) is 0.649. The summed E-state index contributed by atoms with van der Waals surface area (Å²) in [5.41, 5.74) is -0.777. The van der Waals surface area contributed by atoms with Crippen LogP contribution in [-0.4, -0.2) is 4.92 Å². The summed E-state index contributed by atoms with van der Waals surface area (Å²) in [5.74, 6) is -2.39. The van der Waals surface area contributed by atoms with Crippen LogP contribution < -0.4 is 5.32 Å². The summed E-state index contributed by atoms with van der Waals surface area (Å²) in [6.45, 7) is -0.288. The molecule has 110 valence electrons. The van der Waals surface area contributed by atoms with Crippen LogP contribution in [0.15, 0.2) is 34.8 Å². The molecule has 0 aromatic heterocycles. The van der Waals surface area contributed by atoms with E-state index < -0.39 is 28.1 Å². The van der Waals surface area contributed by atoms with Crippen LogP contribution >= 0.6 is 15.9 Å². The largest absolute Gasteiger partial charge is 0.376 e. The van der Waals surface area contributed by atoms with Crippen LogP contribution in [0.25, 0.3) is 0 Å². The first kappa shape index (κ1) is 15.3. The first-order valence-corrected chi connectivity index (χ1v) is 6.49.